The smallest absolute Gasteiger partial charge is 0.197 e. The highest BCUT2D eigenvalue weighted by molar-refractivity contribution is 5.85. The Morgan fingerprint density at radius 2 is 1.63 bits per heavy atom. The molecular formula is C17H13NO. The second-order valence-electron chi connectivity index (χ2n) is 4.42. The Balaban J connectivity index is 2.19. The van der Waals surface area contributed by atoms with Crippen LogP contribution in [0.1, 0.15) is 11.1 Å². The maximum absolute atomic E-state index is 12.5. The van der Waals surface area contributed by atoms with Crippen molar-refractivity contribution in [1.82, 2.24) is 4.98 Å². The third-order valence-corrected chi connectivity index (χ3v) is 3.24. The molecular weight excluding hydrogens is 234 g/mol. The first kappa shape index (κ1) is 11.5. The fourth-order valence-corrected chi connectivity index (χ4v) is 2.19. The summed E-state index contributed by atoms with van der Waals surface area (Å²) in [7, 11) is 0. The zero-order chi connectivity index (χ0) is 13.2. The Kier molecular flexibility index (Phi) is 2.76. The summed E-state index contributed by atoms with van der Waals surface area (Å²) < 4.78 is 0. The van der Waals surface area contributed by atoms with Crippen molar-refractivity contribution in [1.29, 1.82) is 0 Å². The van der Waals surface area contributed by atoms with Crippen LogP contribution in [0.2, 0.25) is 0 Å². The van der Waals surface area contributed by atoms with Gasteiger partial charge >= 0.3 is 0 Å². The van der Waals surface area contributed by atoms with E-state index in [9.17, 15) is 4.79 Å². The van der Waals surface area contributed by atoms with Crippen molar-refractivity contribution in [3.63, 3.8) is 0 Å². The van der Waals surface area contributed by atoms with Gasteiger partial charge in [0.05, 0.1) is 0 Å². The van der Waals surface area contributed by atoms with Gasteiger partial charge in [-0.25, -0.2) is 0 Å². The van der Waals surface area contributed by atoms with Gasteiger partial charge in [-0.1, -0.05) is 49.0 Å². The number of benzene rings is 2. The third kappa shape index (κ3) is 1.97. The maximum atomic E-state index is 12.5. The Morgan fingerprint density at radius 1 is 0.947 bits per heavy atom. The van der Waals surface area contributed by atoms with E-state index in [0.29, 0.717) is 10.9 Å². The quantitative estimate of drug-likeness (QED) is 0.737. The number of pyridine rings is 1. The third-order valence-electron chi connectivity index (χ3n) is 3.24. The zero-order valence-corrected chi connectivity index (χ0v) is 10.4. The minimum atomic E-state index is 0.0169. The van der Waals surface area contributed by atoms with Crippen LogP contribution in [0.15, 0.2) is 72.2 Å². The number of hydrogen-bond donors (Lipinski definition) is 1. The summed E-state index contributed by atoms with van der Waals surface area (Å²) in [5.74, 6) is 0. The molecule has 0 bridgehead atoms. The molecule has 0 saturated heterocycles. The first-order chi connectivity index (χ1) is 9.27. The van der Waals surface area contributed by atoms with E-state index in [-0.39, 0.29) is 5.43 Å². The lowest BCUT2D eigenvalue weighted by Gasteiger charge is -2.06. The van der Waals surface area contributed by atoms with Crippen LogP contribution in [-0.2, 0) is 0 Å². The molecule has 92 valence electrons. The zero-order valence-electron chi connectivity index (χ0n) is 10.4. The molecule has 2 aromatic carbocycles. The summed E-state index contributed by atoms with van der Waals surface area (Å²) in [6.45, 7) is 4.04. The lowest BCUT2D eigenvalue weighted by Crippen LogP contribution is -2.09. The molecule has 0 amide bonds. The van der Waals surface area contributed by atoms with E-state index in [4.69, 9.17) is 0 Å². The van der Waals surface area contributed by atoms with Crippen molar-refractivity contribution in [3.8, 4) is 0 Å². The Labute approximate surface area is 111 Å². The van der Waals surface area contributed by atoms with E-state index in [1.807, 2.05) is 54.6 Å². The first-order valence-electron chi connectivity index (χ1n) is 6.12. The molecule has 0 atom stereocenters. The number of hydrogen-bond acceptors (Lipinski definition) is 1. The van der Waals surface area contributed by atoms with Crippen molar-refractivity contribution in [2.24, 2.45) is 0 Å². The van der Waals surface area contributed by atoms with E-state index in [0.717, 1.165) is 16.7 Å². The van der Waals surface area contributed by atoms with Gasteiger partial charge in [-0.3, -0.25) is 4.79 Å². The van der Waals surface area contributed by atoms with Crippen molar-refractivity contribution in [2.75, 3.05) is 0 Å². The second kappa shape index (κ2) is 4.58. The fraction of sp³-hybridized carbons (Fsp3) is 0. The molecule has 0 unspecified atom stereocenters. The van der Waals surface area contributed by atoms with Crippen molar-refractivity contribution in [3.05, 3.63) is 88.7 Å². The van der Waals surface area contributed by atoms with Crippen LogP contribution >= 0.6 is 0 Å². The largest absolute Gasteiger partial charge is 0.360 e. The Bertz CT molecular complexity index is 800. The molecule has 1 N–H and O–H groups in total. The van der Waals surface area contributed by atoms with Gasteiger partial charge in [-0.2, -0.15) is 0 Å². The van der Waals surface area contributed by atoms with Crippen LogP contribution in [0.25, 0.3) is 16.5 Å². The number of nitrogens with one attached hydrogen (secondary N) is 1. The normalized spacial score (nSPS) is 10.5. The summed E-state index contributed by atoms with van der Waals surface area (Å²) in [5, 5.41) is 0.692. The highest BCUT2D eigenvalue weighted by atomic mass is 16.1. The van der Waals surface area contributed by atoms with Gasteiger partial charge in [-0.15, -0.1) is 0 Å². The molecule has 0 aliphatic carbocycles. The highest BCUT2D eigenvalue weighted by Crippen LogP contribution is 2.19. The number of fused-ring (bicyclic) bond motifs is 1. The van der Waals surface area contributed by atoms with E-state index < -0.39 is 0 Å². The molecule has 0 radical (unpaired) electrons. The van der Waals surface area contributed by atoms with Crippen LogP contribution in [0.4, 0.5) is 0 Å². The van der Waals surface area contributed by atoms with Gasteiger partial charge in [0, 0.05) is 22.7 Å². The molecule has 3 aromatic rings. The summed E-state index contributed by atoms with van der Waals surface area (Å²) in [5.41, 5.74) is 3.18. The van der Waals surface area contributed by atoms with E-state index in [1.165, 1.54) is 0 Å². The van der Waals surface area contributed by atoms with E-state index in [2.05, 4.69) is 11.6 Å². The Hall–Kier alpha value is -2.61. The number of H-pyrrole nitrogens is 1. The summed E-state index contributed by atoms with van der Waals surface area (Å²) >= 11 is 0. The molecule has 0 fully saturated rings. The highest BCUT2D eigenvalue weighted by Gasteiger charge is 2.09. The van der Waals surface area contributed by atoms with Gasteiger partial charge in [0.2, 0.25) is 0 Å². The molecule has 2 nitrogen and oxygen atoms in total. The molecule has 1 heterocycles. The van der Waals surface area contributed by atoms with Crippen LogP contribution in [0, 0.1) is 0 Å². The molecule has 19 heavy (non-hydrogen) atoms. The topological polar surface area (TPSA) is 32.9 Å². The average molecular weight is 247 g/mol. The maximum Gasteiger partial charge on any atom is 0.197 e. The molecule has 1 aromatic heterocycles. The van der Waals surface area contributed by atoms with Crippen molar-refractivity contribution >= 4 is 16.5 Å². The molecule has 0 spiro atoms. The van der Waals surface area contributed by atoms with E-state index >= 15 is 0 Å². The van der Waals surface area contributed by atoms with Crippen LogP contribution in [0.5, 0.6) is 0 Å². The molecule has 0 aliphatic heterocycles. The van der Waals surface area contributed by atoms with Crippen molar-refractivity contribution < 1.29 is 0 Å². The minimum absolute atomic E-state index is 0.0169. The molecule has 2 heteroatoms. The lowest BCUT2D eigenvalue weighted by atomic mass is 9.99. The summed E-state index contributed by atoms with van der Waals surface area (Å²) in [6.07, 6.45) is 1.74. The van der Waals surface area contributed by atoms with Crippen LogP contribution < -0.4 is 5.43 Å². The number of rotatable bonds is 2. The number of aromatic amines is 1. The predicted molar refractivity (Wildman–Crippen MR) is 79.1 cm³/mol. The average Bonchev–Trinajstić information content (AvgIpc) is 2.48. The molecule has 0 aliphatic rings. The summed E-state index contributed by atoms with van der Waals surface area (Å²) in [4.78, 5) is 15.6. The fourth-order valence-electron chi connectivity index (χ4n) is 2.19. The van der Waals surface area contributed by atoms with Gasteiger partial charge in [0.25, 0.3) is 0 Å². The van der Waals surface area contributed by atoms with Gasteiger partial charge in [0.15, 0.2) is 5.43 Å². The first-order valence-corrected chi connectivity index (χ1v) is 6.12. The Morgan fingerprint density at radius 3 is 2.42 bits per heavy atom. The molecule has 0 saturated carbocycles. The minimum Gasteiger partial charge on any atom is -0.360 e. The lowest BCUT2D eigenvalue weighted by molar-refractivity contribution is 1.36. The standard InChI is InChI=1S/C17H13NO/c1-12(13-7-3-2-4-8-13)15-11-18-16-10-6-5-9-14(16)17(15)19/h2-11H,1H2,(H,18,19). The van der Waals surface area contributed by atoms with Crippen molar-refractivity contribution in [2.45, 2.75) is 0 Å². The SMILES string of the molecule is C=C(c1ccccc1)c1c[nH]c2ccccc2c1=O. The van der Waals surface area contributed by atoms with Gasteiger partial charge in [-0.05, 0) is 23.3 Å². The number of aromatic nitrogens is 1. The van der Waals surface area contributed by atoms with Crippen LogP contribution in [0.3, 0.4) is 0 Å². The molecule has 3 rings (SSSR count). The van der Waals surface area contributed by atoms with Crippen LogP contribution in [-0.4, -0.2) is 4.98 Å². The monoisotopic (exact) mass is 247 g/mol. The second-order valence-corrected chi connectivity index (χ2v) is 4.42. The predicted octanol–water partition coefficient (Wildman–Crippen LogP) is 3.59. The van der Waals surface area contributed by atoms with Gasteiger partial charge < -0.3 is 4.98 Å². The van der Waals surface area contributed by atoms with Gasteiger partial charge in [0.1, 0.15) is 0 Å². The number of para-hydroxylation sites is 1. The van der Waals surface area contributed by atoms with E-state index in [1.54, 1.807) is 6.20 Å². The summed E-state index contributed by atoms with van der Waals surface area (Å²) in [6, 6.07) is 17.2.